The highest BCUT2D eigenvalue weighted by atomic mass is 31.2. The zero-order valence-corrected chi connectivity index (χ0v) is 17.6. The summed E-state index contributed by atoms with van der Waals surface area (Å²) in [6, 6.07) is 0. The Labute approximate surface area is 146 Å². The fourth-order valence-electron chi connectivity index (χ4n) is 2.82. The van der Waals surface area contributed by atoms with Crippen molar-refractivity contribution in [3.05, 3.63) is 0 Å². The topological polar surface area (TPSA) is 26.3 Å². The molecule has 0 saturated heterocycles. The molecule has 0 spiro atoms. The number of ether oxygens (including phenoxy) is 1. The molecule has 23 heavy (non-hydrogen) atoms. The van der Waals surface area contributed by atoms with E-state index in [9.17, 15) is 4.79 Å². The quantitative estimate of drug-likeness (QED) is 0.269. The smallest absolute Gasteiger partial charge is 0.311 e. The normalized spacial score (nSPS) is 12.4. The number of hydrogen-bond acceptors (Lipinski definition) is 2. The van der Waals surface area contributed by atoms with E-state index in [1.165, 1.54) is 57.0 Å². The van der Waals surface area contributed by atoms with Crippen molar-refractivity contribution in [3.8, 4) is 0 Å². The van der Waals surface area contributed by atoms with Crippen molar-refractivity contribution in [2.24, 2.45) is 5.41 Å². The van der Waals surface area contributed by atoms with Gasteiger partial charge >= 0.3 is 5.97 Å². The third-order valence-electron chi connectivity index (χ3n) is 5.19. The molecule has 0 atom stereocenters. The van der Waals surface area contributed by atoms with Gasteiger partial charge in [0.25, 0.3) is 0 Å². The third-order valence-corrected chi connectivity index (χ3v) is 10.1. The first kappa shape index (κ1) is 22.9. The molecule has 0 unspecified atom stereocenters. The Balaban J connectivity index is 4.72. The zero-order chi connectivity index (χ0) is 17.8. The lowest BCUT2D eigenvalue weighted by Crippen LogP contribution is -2.27. The summed E-state index contributed by atoms with van der Waals surface area (Å²) in [5, 5.41) is 0. The number of unbranched alkanes of at least 4 members (excludes halogenated alkanes) is 3. The summed E-state index contributed by atoms with van der Waals surface area (Å²) in [5.74, 6) is -0.0143. The Morgan fingerprint density at radius 3 is 1.61 bits per heavy atom. The van der Waals surface area contributed by atoms with Gasteiger partial charge in [0.1, 0.15) is 6.61 Å². The summed E-state index contributed by atoms with van der Waals surface area (Å²) >= 11 is 0. The minimum absolute atomic E-state index is 0.0143. The summed E-state index contributed by atoms with van der Waals surface area (Å²) < 4.78 is 5.68. The van der Waals surface area contributed by atoms with E-state index >= 15 is 0 Å². The number of esters is 1. The lowest BCUT2D eigenvalue weighted by Gasteiger charge is -2.28. The second-order valence-corrected chi connectivity index (χ2v) is 12.1. The van der Waals surface area contributed by atoms with Gasteiger partial charge in [-0.2, -0.15) is 0 Å². The first-order valence-corrected chi connectivity index (χ1v) is 12.4. The van der Waals surface area contributed by atoms with Crippen LogP contribution in [0.4, 0.5) is 0 Å². The maximum absolute atomic E-state index is 12.2. The van der Waals surface area contributed by atoms with Gasteiger partial charge < -0.3 is 4.74 Å². The molecular weight excluding hydrogens is 303 g/mol. The lowest BCUT2D eigenvalue weighted by molar-refractivity contribution is -0.153. The molecule has 0 bridgehead atoms. The van der Waals surface area contributed by atoms with Crippen LogP contribution in [0.1, 0.15) is 86.5 Å². The van der Waals surface area contributed by atoms with Crippen LogP contribution in [-0.4, -0.2) is 37.2 Å². The maximum atomic E-state index is 12.2. The molecule has 0 aromatic heterocycles. The molecule has 0 rings (SSSR count). The van der Waals surface area contributed by atoms with E-state index in [1.807, 2.05) is 13.8 Å². The minimum Gasteiger partial charge on any atom is -0.461 e. The Kier molecular flexibility index (Phi) is 12.2. The Morgan fingerprint density at radius 2 is 1.26 bits per heavy atom. The van der Waals surface area contributed by atoms with E-state index in [4.69, 9.17) is 4.74 Å². The second-order valence-electron chi connectivity index (χ2n) is 7.67. The number of carbonyl (C=O) groups excluding carboxylic acids is 1. The first-order chi connectivity index (χ1) is 10.9. The molecule has 0 aliphatic rings. The highest BCUT2D eigenvalue weighted by Gasteiger charge is 2.36. The molecule has 0 aliphatic heterocycles. The molecule has 0 heterocycles. The maximum Gasteiger partial charge on any atom is 0.311 e. The highest BCUT2D eigenvalue weighted by molar-refractivity contribution is 7.75. The van der Waals surface area contributed by atoms with Crippen LogP contribution in [-0.2, 0) is 9.53 Å². The van der Waals surface area contributed by atoms with Gasteiger partial charge in [0.2, 0.25) is 0 Å². The van der Waals surface area contributed by atoms with Crippen LogP contribution in [0.15, 0.2) is 0 Å². The van der Waals surface area contributed by atoms with Gasteiger partial charge in [-0.25, -0.2) is 0 Å². The Morgan fingerprint density at radius 1 is 0.826 bits per heavy atom. The van der Waals surface area contributed by atoms with Gasteiger partial charge in [-0.05, 0) is 39.5 Å². The summed E-state index contributed by atoms with van der Waals surface area (Å²) in [7, 11) is -0.940. The largest absolute Gasteiger partial charge is 0.461 e. The van der Waals surface area contributed by atoms with Gasteiger partial charge in [0.05, 0.1) is 30.1 Å². The van der Waals surface area contributed by atoms with E-state index in [1.54, 1.807) is 0 Å². The van der Waals surface area contributed by atoms with Gasteiger partial charge in [-0.1, -0.05) is 47.0 Å². The minimum atomic E-state index is -0.940. The summed E-state index contributed by atoms with van der Waals surface area (Å²) in [4.78, 5) is 12.2. The average Bonchev–Trinajstić information content (AvgIpc) is 2.55. The van der Waals surface area contributed by atoms with E-state index < -0.39 is 7.26 Å². The summed E-state index contributed by atoms with van der Waals surface area (Å²) in [5.41, 5.74) is -0.336. The van der Waals surface area contributed by atoms with Crippen molar-refractivity contribution in [1.82, 2.24) is 0 Å². The van der Waals surface area contributed by atoms with Crippen LogP contribution in [0, 0.1) is 5.41 Å². The molecule has 0 aromatic carbocycles. The van der Waals surface area contributed by atoms with Crippen LogP contribution < -0.4 is 0 Å². The molecule has 0 N–H and O–H groups in total. The summed E-state index contributed by atoms with van der Waals surface area (Å²) in [6.45, 7) is 13.6. The number of rotatable bonds is 14. The Hall–Kier alpha value is -0.100. The van der Waals surface area contributed by atoms with Crippen LogP contribution in [0.5, 0.6) is 0 Å². The monoisotopic (exact) mass is 345 g/mol. The van der Waals surface area contributed by atoms with Crippen LogP contribution >= 0.6 is 7.26 Å². The number of carbonyl (C=O) groups is 1. The van der Waals surface area contributed by atoms with E-state index in [0.717, 1.165) is 12.6 Å². The van der Waals surface area contributed by atoms with E-state index in [0.29, 0.717) is 6.61 Å². The van der Waals surface area contributed by atoms with Crippen molar-refractivity contribution in [3.63, 3.8) is 0 Å². The van der Waals surface area contributed by atoms with Gasteiger partial charge in [-0.3, -0.25) is 4.79 Å². The van der Waals surface area contributed by atoms with Gasteiger partial charge in [-0.15, -0.1) is 0 Å². The summed E-state index contributed by atoms with van der Waals surface area (Å²) in [6.07, 6.45) is 14.1. The molecule has 3 heteroatoms. The standard InChI is InChI=1S/C20H42O2P/c1-7-11-15-23(16-12-8-2,17-13-9-3)18-14-22-19(21)20(5,6)10-4/h7-18H2,1-6H3/q+1. The van der Waals surface area contributed by atoms with Crippen molar-refractivity contribution in [2.45, 2.75) is 86.5 Å². The van der Waals surface area contributed by atoms with Crippen LogP contribution in [0.25, 0.3) is 0 Å². The zero-order valence-electron chi connectivity index (χ0n) is 16.7. The molecule has 0 fully saturated rings. The Bertz CT molecular complexity index is 291. The molecule has 0 aliphatic carbocycles. The van der Waals surface area contributed by atoms with E-state index in [-0.39, 0.29) is 11.4 Å². The SMILES string of the molecule is CCCC[P+](CCCC)(CCCC)CCOC(=O)C(C)(C)CC. The van der Waals surface area contributed by atoms with Crippen molar-refractivity contribution in [1.29, 1.82) is 0 Å². The lowest BCUT2D eigenvalue weighted by atomic mass is 9.91. The van der Waals surface area contributed by atoms with E-state index in [2.05, 4.69) is 27.7 Å². The van der Waals surface area contributed by atoms with Gasteiger partial charge in [0, 0.05) is 7.26 Å². The van der Waals surface area contributed by atoms with Crippen molar-refractivity contribution >= 4 is 13.2 Å². The first-order valence-electron chi connectivity index (χ1n) is 9.89. The second kappa shape index (κ2) is 12.3. The predicted molar refractivity (Wildman–Crippen MR) is 106 cm³/mol. The molecule has 0 amide bonds. The fraction of sp³-hybridized carbons (Fsp3) is 0.950. The van der Waals surface area contributed by atoms with Crippen molar-refractivity contribution in [2.75, 3.05) is 31.3 Å². The van der Waals surface area contributed by atoms with Crippen LogP contribution in [0.3, 0.4) is 0 Å². The van der Waals surface area contributed by atoms with Crippen molar-refractivity contribution < 1.29 is 9.53 Å². The molecule has 0 radical (unpaired) electrons. The average molecular weight is 346 g/mol. The molecular formula is C20H42O2P+. The molecule has 0 saturated carbocycles. The van der Waals surface area contributed by atoms with Gasteiger partial charge in [0.15, 0.2) is 0 Å². The molecule has 138 valence electrons. The fourth-order valence-corrected chi connectivity index (χ4v) is 7.60. The highest BCUT2D eigenvalue weighted by Crippen LogP contribution is 2.60. The molecule has 0 aromatic rings. The van der Waals surface area contributed by atoms with Crippen LogP contribution in [0.2, 0.25) is 0 Å². The third kappa shape index (κ3) is 9.08. The molecule has 2 nitrogen and oxygen atoms in total. The predicted octanol–water partition coefficient (Wildman–Crippen LogP) is 6.38. The number of hydrogen-bond donors (Lipinski definition) is 0.